The van der Waals surface area contributed by atoms with Crippen molar-refractivity contribution in [2.45, 2.75) is 32.9 Å². The molecule has 1 N–H and O–H groups in total. The van der Waals surface area contributed by atoms with Gasteiger partial charge in [-0.1, -0.05) is 12.1 Å². The fraction of sp³-hybridized carbons (Fsp3) is 0.444. The topological polar surface area (TPSA) is 105 Å². The van der Waals surface area contributed by atoms with E-state index in [4.69, 9.17) is 13.9 Å². The Morgan fingerprint density at radius 3 is 2.49 bits per heavy atom. The molecule has 10 heteroatoms. The van der Waals surface area contributed by atoms with Gasteiger partial charge in [0.1, 0.15) is 5.75 Å². The molecule has 3 amide bonds. The molecular formula is C27H34N4O6. The summed E-state index contributed by atoms with van der Waals surface area (Å²) in [5, 5.41) is 2.98. The fourth-order valence-electron chi connectivity index (χ4n) is 4.94. The van der Waals surface area contributed by atoms with Gasteiger partial charge >= 0.3 is 12.0 Å². The summed E-state index contributed by atoms with van der Waals surface area (Å²) in [5.41, 5.74) is 1.78. The number of urea groups is 1. The summed E-state index contributed by atoms with van der Waals surface area (Å²) in [6.07, 6.45) is 1.49. The molecule has 0 aliphatic carbocycles. The van der Waals surface area contributed by atoms with Crippen LogP contribution in [-0.4, -0.2) is 85.1 Å². The molecule has 2 atom stereocenters. The molecule has 3 heterocycles. The zero-order chi connectivity index (χ0) is 26.5. The summed E-state index contributed by atoms with van der Waals surface area (Å²) < 4.78 is 16.0. The van der Waals surface area contributed by atoms with Gasteiger partial charge in [-0.05, 0) is 50.6 Å². The molecule has 1 aromatic heterocycles. The Hall–Kier alpha value is -3.79. The predicted octanol–water partition coefficient (Wildman–Crippen LogP) is 3.04. The molecular weight excluding hydrogens is 476 g/mol. The zero-order valence-corrected chi connectivity index (χ0v) is 21.7. The molecule has 1 saturated heterocycles. The molecule has 0 spiro atoms. The average molecular weight is 511 g/mol. The van der Waals surface area contributed by atoms with Crippen molar-refractivity contribution in [3.63, 3.8) is 0 Å². The second-order valence-electron chi connectivity index (χ2n) is 9.04. The van der Waals surface area contributed by atoms with E-state index in [1.54, 1.807) is 48.1 Å². The molecule has 0 radical (unpaired) electrons. The maximum Gasteiger partial charge on any atom is 0.338 e. The van der Waals surface area contributed by atoms with Crippen LogP contribution in [0.15, 0.2) is 58.3 Å². The number of amides is 3. The van der Waals surface area contributed by atoms with Crippen LogP contribution in [0.3, 0.4) is 0 Å². The minimum absolute atomic E-state index is 0.0807. The number of carbonyl (C=O) groups is 3. The van der Waals surface area contributed by atoms with Crippen molar-refractivity contribution in [1.82, 2.24) is 20.0 Å². The van der Waals surface area contributed by atoms with Gasteiger partial charge < -0.3 is 24.1 Å². The Bertz CT molecular complexity index is 1140. The van der Waals surface area contributed by atoms with E-state index in [9.17, 15) is 14.4 Å². The first-order chi connectivity index (χ1) is 17.9. The van der Waals surface area contributed by atoms with Crippen LogP contribution in [0, 0.1) is 0 Å². The van der Waals surface area contributed by atoms with Gasteiger partial charge in [-0.2, -0.15) is 0 Å². The first-order valence-corrected chi connectivity index (χ1v) is 12.6. The van der Waals surface area contributed by atoms with Crippen molar-refractivity contribution < 1.29 is 28.3 Å². The number of ether oxygens (including phenoxy) is 2. The fourth-order valence-corrected chi connectivity index (χ4v) is 4.94. The van der Waals surface area contributed by atoms with Crippen LogP contribution in [0.1, 0.15) is 42.9 Å². The number of piperazine rings is 1. The smallest absolute Gasteiger partial charge is 0.338 e. The van der Waals surface area contributed by atoms with Crippen LogP contribution in [0.5, 0.6) is 5.75 Å². The van der Waals surface area contributed by atoms with Gasteiger partial charge in [0.05, 0.1) is 31.6 Å². The Morgan fingerprint density at radius 2 is 1.89 bits per heavy atom. The minimum atomic E-state index is -0.658. The van der Waals surface area contributed by atoms with Crippen molar-refractivity contribution in [2.24, 2.45) is 0 Å². The molecule has 37 heavy (non-hydrogen) atoms. The number of benzene rings is 1. The highest BCUT2D eigenvalue weighted by Crippen LogP contribution is 2.33. The average Bonchev–Trinajstić information content (AvgIpc) is 3.44. The predicted molar refractivity (Wildman–Crippen MR) is 136 cm³/mol. The molecule has 1 aromatic carbocycles. The first kappa shape index (κ1) is 26.3. The molecule has 2 aromatic rings. The van der Waals surface area contributed by atoms with E-state index in [0.717, 1.165) is 5.56 Å². The number of hydrogen-bond donors (Lipinski definition) is 1. The number of furan rings is 1. The third-order valence-electron chi connectivity index (χ3n) is 6.78. The van der Waals surface area contributed by atoms with E-state index < -0.39 is 12.0 Å². The van der Waals surface area contributed by atoms with E-state index in [-0.39, 0.29) is 24.6 Å². The lowest BCUT2D eigenvalue weighted by Gasteiger charge is -2.42. The maximum absolute atomic E-state index is 13.3. The van der Waals surface area contributed by atoms with Crippen LogP contribution < -0.4 is 10.1 Å². The monoisotopic (exact) mass is 510 g/mol. The number of esters is 1. The van der Waals surface area contributed by atoms with Crippen molar-refractivity contribution in [1.29, 1.82) is 0 Å². The second-order valence-corrected chi connectivity index (χ2v) is 9.04. The molecule has 2 aliphatic rings. The number of rotatable bonds is 8. The summed E-state index contributed by atoms with van der Waals surface area (Å²) in [6, 6.07) is 9.62. The lowest BCUT2D eigenvalue weighted by atomic mass is 9.94. The summed E-state index contributed by atoms with van der Waals surface area (Å²) in [7, 11) is 1.58. The van der Waals surface area contributed by atoms with Crippen LogP contribution in [0.25, 0.3) is 0 Å². The quantitative estimate of drug-likeness (QED) is 0.545. The van der Waals surface area contributed by atoms with E-state index >= 15 is 0 Å². The summed E-state index contributed by atoms with van der Waals surface area (Å²) in [4.78, 5) is 44.9. The zero-order valence-electron chi connectivity index (χ0n) is 21.7. The van der Waals surface area contributed by atoms with Crippen molar-refractivity contribution in [3.8, 4) is 5.75 Å². The van der Waals surface area contributed by atoms with Gasteiger partial charge in [0, 0.05) is 44.5 Å². The molecule has 1 fully saturated rings. The van der Waals surface area contributed by atoms with Crippen LogP contribution >= 0.6 is 0 Å². The van der Waals surface area contributed by atoms with E-state index in [2.05, 4.69) is 10.2 Å². The van der Waals surface area contributed by atoms with Gasteiger partial charge in [0.2, 0.25) is 0 Å². The lowest BCUT2D eigenvalue weighted by molar-refractivity contribution is -0.139. The number of nitrogens with zero attached hydrogens (tertiary/aromatic N) is 3. The van der Waals surface area contributed by atoms with Gasteiger partial charge in [0.15, 0.2) is 5.76 Å². The van der Waals surface area contributed by atoms with E-state index in [1.165, 1.54) is 6.26 Å². The Labute approximate surface area is 216 Å². The van der Waals surface area contributed by atoms with Gasteiger partial charge in [-0.3, -0.25) is 14.6 Å². The summed E-state index contributed by atoms with van der Waals surface area (Å²) in [6.45, 7) is 8.27. The van der Waals surface area contributed by atoms with Crippen LogP contribution in [0.4, 0.5) is 4.79 Å². The summed E-state index contributed by atoms with van der Waals surface area (Å²) in [5.74, 6) is 0.391. The van der Waals surface area contributed by atoms with E-state index in [1.807, 2.05) is 26.0 Å². The highest BCUT2D eigenvalue weighted by Gasteiger charge is 2.39. The van der Waals surface area contributed by atoms with Crippen LogP contribution in [0.2, 0.25) is 0 Å². The molecule has 198 valence electrons. The van der Waals surface area contributed by atoms with Crippen molar-refractivity contribution in [2.75, 3.05) is 46.4 Å². The molecule has 10 nitrogen and oxygen atoms in total. The van der Waals surface area contributed by atoms with Crippen LogP contribution in [-0.2, 0) is 9.53 Å². The lowest BCUT2D eigenvalue weighted by Crippen LogP contribution is -2.56. The number of nitrogens with one attached hydrogen (secondary N) is 1. The largest absolute Gasteiger partial charge is 0.497 e. The minimum Gasteiger partial charge on any atom is -0.497 e. The van der Waals surface area contributed by atoms with Crippen molar-refractivity contribution in [3.05, 3.63) is 65.3 Å². The highest BCUT2D eigenvalue weighted by molar-refractivity contribution is 5.95. The SMILES string of the molecule is CCOC(=O)C1=C(CN2CCN(C(=O)c3ccco3)[C@H](C)C2)N(CC)C(=O)N[C@@H]1c1ccc(OC)cc1. The van der Waals surface area contributed by atoms with Crippen molar-refractivity contribution >= 4 is 17.9 Å². The molecule has 0 bridgehead atoms. The highest BCUT2D eigenvalue weighted by atomic mass is 16.5. The van der Waals surface area contributed by atoms with Gasteiger partial charge in [0.25, 0.3) is 5.91 Å². The first-order valence-electron chi connectivity index (χ1n) is 12.6. The molecule has 0 saturated carbocycles. The van der Waals surface area contributed by atoms with Gasteiger partial charge in [-0.15, -0.1) is 0 Å². The third kappa shape index (κ3) is 5.48. The molecule has 4 rings (SSSR count). The second kappa shape index (κ2) is 11.5. The number of hydrogen-bond acceptors (Lipinski definition) is 7. The summed E-state index contributed by atoms with van der Waals surface area (Å²) >= 11 is 0. The molecule has 2 aliphatic heterocycles. The Morgan fingerprint density at radius 1 is 1.14 bits per heavy atom. The van der Waals surface area contributed by atoms with Gasteiger partial charge in [-0.25, -0.2) is 9.59 Å². The number of carbonyl (C=O) groups excluding carboxylic acids is 3. The maximum atomic E-state index is 13.3. The third-order valence-corrected chi connectivity index (χ3v) is 6.78. The number of methoxy groups -OCH3 is 1. The normalized spacial score (nSPS) is 20.6. The number of likely N-dealkylation sites (N-methyl/N-ethyl adjacent to an activating group) is 1. The standard InChI is InChI=1S/C27H34N4O6/c1-5-30-21(17-29-13-14-31(18(3)16-29)25(32)22-8-7-15-37-22)23(26(33)36-6-2)24(28-27(30)34)19-9-11-20(35-4)12-10-19/h7-12,15,18,24H,5-6,13-14,16-17H2,1-4H3,(H,28,34)/t18-,24-/m1/s1. The van der Waals surface area contributed by atoms with E-state index in [0.29, 0.717) is 55.5 Å². The molecule has 0 unspecified atom stereocenters. The Kier molecular flexibility index (Phi) is 8.17. The Balaban J connectivity index is 1.64.